The Morgan fingerprint density at radius 2 is 1.84 bits per heavy atom. The van der Waals surface area contributed by atoms with Gasteiger partial charge in [-0.1, -0.05) is 31.4 Å². The van der Waals surface area contributed by atoms with Crippen LogP contribution < -0.4 is 21.3 Å². The fraction of sp³-hybridized carbons (Fsp3) is 0.440. The zero-order chi connectivity index (χ0) is 22.0. The molecule has 1 saturated carbocycles. The number of nitrogen functional groups attached to an aromatic ring is 1. The van der Waals surface area contributed by atoms with Gasteiger partial charge in [0.05, 0.1) is 22.4 Å². The molecular weight excluding hydrogens is 388 g/mol. The molecule has 0 aliphatic heterocycles. The highest BCUT2D eigenvalue weighted by Gasteiger charge is 2.16. The standard InChI is InChI=1S/C25H32N4O2/c1-25(2,3)31-18-11-9-16(10-12-18)13-23-24(30)29-21-14-19(26)20(15-22(21)28-23)27-17-7-5-4-6-8-17/h9-12,14-15,17,27H,4-8,13,26H2,1-3H3,(H,29,30). The molecule has 0 atom stereocenters. The lowest BCUT2D eigenvalue weighted by atomic mass is 9.95. The van der Waals surface area contributed by atoms with Gasteiger partial charge >= 0.3 is 0 Å². The van der Waals surface area contributed by atoms with Gasteiger partial charge in [0.1, 0.15) is 17.0 Å². The summed E-state index contributed by atoms with van der Waals surface area (Å²) >= 11 is 0. The average Bonchev–Trinajstić information content (AvgIpc) is 2.71. The number of aromatic amines is 1. The maximum absolute atomic E-state index is 12.6. The van der Waals surface area contributed by atoms with E-state index in [-0.39, 0.29) is 11.2 Å². The summed E-state index contributed by atoms with van der Waals surface area (Å²) in [5.41, 5.74) is 10.3. The average molecular weight is 421 g/mol. The normalized spacial score (nSPS) is 15.2. The molecule has 4 N–H and O–H groups in total. The number of anilines is 2. The van der Waals surface area contributed by atoms with Crippen molar-refractivity contribution in [3.05, 3.63) is 58.0 Å². The lowest BCUT2D eigenvalue weighted by Crippen LogP contribution is -2.23. The van der Waals surface area contributed by atoms with E-state index < -0.39 is 0 Å². The maximum atomic E-state index is 12.6. The number of nitrogens with one attached hydrogen (secondary N) is 2. The van der Waals surface area contributed by atoms with Gasteiger partial charge in [-0.05, 0) is 63.4 Å². The molecule has 2 aromatic carbocycles. The van der Waals surface area contributed by atoms with Crippen molar-refractivity contribution in [3.8, 4) is 5.75 Å². The Kier molecular flexibility index (Phi) is 5.90. The summed E-state index contributed by atoms with van der Waals surface area (Å²) in [4.78, 5) is 20.2. The molecule has 1 aliphatic carbocycles. The van der Waals surface area contributed by atoms with Gasteiger partial charge in [-0.25, -0.2) is 4.98 Å². The third-order valence-corrected chi connectivity index (χ3v) is 5.62. The Labute approximate surface area is 183 Å². The Bertz CT molecular complexity index is 1110. The van der Waals surface area contributed by atoms with E-state index in [1.165, 1.54) is 19.3 Å². The number of hydrogen-bond donors (Lipinski definition) is 3. The minimum absolute atomic E-state index is 0.185. The van der Waals surface area contributed by atoms with Crippen LogP contribution in [0.1, 0.15) is 64.1 Å². The second-order valence-electron chi connectivity index (χ2n) is 9.48. The van der Waals surface area contributed by atoms with Crippen molar-refractivity contribution < 1.29 is 4.74 Å². The summed E-state index contributed by atoms with van der Waals surface area (Å²) in [7, 11) is 0. The van der Waals surface area contributed by atoms with Crippen LogP contribution in [-0.2, 0) is 6.42 Å². The maximum Gasteiger partial charge on any atom is 0.270 e. The van der Waals surface area contributed by atoms with Crippen molar-refractivity contribution in [3.63, 3.8) is 0 Å². The molecule has 6 nitrogen and oxygen atoms in total. The molecule has 1 fully saturated rings. The molecule has 0 bridgehead atoms. The number of fused-ring (bicyclic) bond motifs is 1. The molecule has 0 spiro atoms. The Morgan fingerprint density at radius 1 is 1.13 bits per heavy atom. The zero-order valence-electron chi connectivity index (χ0n) is 18.6. The molecule has 1 aromatic heterocycles. The van der Waals surface area contributed by atoms with Crippen molar-refractivity contribution in [1.82, 2.24) is 9.97 Å². The lowest BCUT2D eigenvalue weighted by Gasteiger charge is -2.24. The number of rotatable bonds is 5. The first-order valence-electron chi connectivity index (χ1n) is 11.1. The van der Waals surface area contributed by atoms with Crippen LogP contribution in [0.25, 0.3) is 11.0 Å². The van der Waals surface area contributed by atoms with Gasteiger partial charge in [-0.2, -0.15) is 0 Å². The first kappa shape index (κ1) is 21.2. The summed E-state index contributed by atoms with van der Waals surface area (Å²) in [6.07, 6.45) is 6.59. The third kappa shape index (κ3) is 5.37. The highest BCUT2D eigenvalue weighted by atomic mass is 16.5. The number of aromatic nitrogens is 2. The molecule has 31 heavy (non-hydrogen) atoms. The van der Waals surface area contributed by atoms with Gasteiger partial charge in [0.2, 0.25) is 0 Å². The van der Waals surface area contributed by atoms with E-state index in [1.807, 2.05) is 51.1 Å². The minimum Gasteiger partial charge on any atom is -0.488 e. The summed E-state index contributed by atoms with van der Waals surface area (Å²) in [6.45, 7) is 6.05. The van der Waals surface area contributed by atoms with Gasteiger partial charge in [0.15, 0.2) is 0 Å². The van der Waals surface area contributed by atoms with Crippen molar-refractivity contribution in [2.75, 3.05) is 11.1 Å². The van der Waals surface area contributed by atoms with Crippen LogP contribution in [0.5, 0.6) is 5.75 Å². The first-order chi connectivity index (χ1) is 14.8. The summed E-state index contributed by atoms with van der Waals surface area (Å²) in [6, 6.07) is 12.0. The van der Waals surface area contributed by atoms with E-state index >= 15 is 0 Å². The molecule has 0 saturated heterocycles. The quantitative estimate of drug-likeness (QED) is 0.504. The van der Waals surface area contributed by atoms with E-state index in [4.69, 9.17) is 10.5 Å². The van der Waals surface area contributed by atoms with Gasteiger partial charge in [-0.3, -0.25) is 4.79 Å². The SMILES string of the molecule is CC(C)(C)Oc1ccc(Cc2nc3cc(NC4CCCCC4)c(N)cc3[nH]c2=O)cc1. The lowest BCUT2D eigenvalue weighted by molar-refractivity contribution is 0.131. The highest BCUT2D eigenvalue weighted by molar-refractivity contribution is 5.86. The van der Waals surface area contributed by atoms with Crippen molar-refractivity contribution in [2.45, 2.75) is 70.9 Å². The largest absolute Gasteiger partial charge is 0.488 e. The van der Waals surface area contributed by atoms with Gasteiger partial charge in [0.25, 0.3) is 5.56 Å². The number of ether oxygens (including phenoxy) is 1. The third-order valence-electron chi connectivity index (χ3n) is 5.62. The molecule has 1 heterocycles. The summed E-state index contributed by atoms with van der Waals surface area (Å²) in [5, 5.41) is 3.58. The Morgan fingerprint density at radius 3 is 2.52 bits per heavy atom. The Hall–Kier alpha value is -3.02. The monoisotopic (exact) mass is 420 g/mol. The number of benzene rings is 2. The van der Waals surface area contributed by atoms with Crippen LogP contribution in [-0.4, -0.2) is 21.6 Å². The minimum atomic E-state index is -0.246. The predicted molar refractivity (Wildman–Crippen MR) is 127 cm³/mol. The fourth-order valence-corrected chi connectivity index (χ4v) is 4.12. The van der Waals surface area contributed by atoms with Crippen molar-refractivity contribution >= 4 is 22.4 Å². The molecular formula is C25H32N4O2. The van der Waals surface area contributed by atoms with Crippen LogP contribution in [0, 0.1) is 0 Å². The molecule has 1 aliphatic rings. The zero-order valence-corrected chi connectivity index (χ0v) is 18.6. The topological polar surface area (TPSA) is 93.0 Å². The smallest absolute Gasteiger partial charge is 0.270 e. The number of nitrogens with zero attached hydrogens (tertiary/aromatic N) is 1. The van der Waals surface area contributed by atoms with Gasteiger partial charge in [-0.15, -0.1) is 0 Å². The van der Waals surface area contributed by atoms with Crippen LogP contribution in [0.2, 0.25) is 0 Å². The molecule has 0 amide bonds. The summed E-state index contributed by atoms with van der Waals surface area (Å²) in [5.74, 6) is 0.811. The molecule has 6 heteroatoms. The molecule has 3 aromatic rings. The molecule has 0 unspecified atom stereocenters. The highest BCUT2D eigenvalue weighted by Crippen LogP contribution is 2.28. The molecule has 164 valence electrons. The van der Waals surface area contributed by atoms with Crippen LogP contribution in [0.4, 0.5) is 11.4 Å². The Balaban J connectivity index is 1.57. The van der Waals surface area contributed by atoms with Gasteiger partial charge in [0, 0.05) is 12.5 Å². The van der Waals surface area contributed by atoms with E-state index in [2.05, 4.69) is 15.3 Å². The van der Waals surface area contributed by atoms with Crippen LogP contribution in [0.3, 0.4) is 0 Å². The molecule has 0 radical (unpaired) electrons. The van der Waals surface area contributed by atoms with Gasteiger partial charge < -0.3 is 20.8 Å². The van der Waals surface area contributed by atoms with Crippen LogP contribution in [0.15, 0.2) is 41.2 Å². The van der Waals surface area contributed by atoms with E-state index in [0.29, 0.717) is 29.4 Å². The van der Waals surface area contributed by atoms with E-state index in [0.717, 1.165) is 35.4 Å². The van der Waals surface area contributed by atoms with E-state index in [9.17, 15) is 4.79 Å². The van der Waals surface area contributed by atoms with E-state index in [1.54, 1.807) is 6.07 Å². The number of H-pyrrole nitrogens is 1. The van der Waals surface area contributed by atoms with Crippen LogP contribution >= 0.6 is 0 Å². The van der Waals surface area contributed by atoms with Crippen molar-refractivity contribution in [2.24, 2.45) is 0 Å². The number of nitrogens with two attached hydrogens (primary N) is 1. The fourth-order valence-electron chi connectivity index (χ4n) is 4.12. The predicted octanol–water partition coefficient (Wildman–Crippen LogP) is 5.02. The second-order valence-corrected chi connectivity index (χ2v) is 9.48. The second kappa shape index (κ2) is 8.61. The summed E-state index contributed by atoms with van der Waals surface area (Å²) < 4.78 is 5.87. The first-order valence-corrected chi connectivity index (χ1v) is 11.1. The molecule has 4 rings (SSSR count). The van der Waals surface area contributed by atoms with Crippen molar-refractivity contribution in [1.29, 1.82) is 0 Å². The number of hydrogen-bond acceptors (Lipinski definition) is 5.